The van der Waals surface area contributed by atoms with Gasteiger partial charge in [0.15, 0.2) is 0 Å². The predicted octanol–water partition coefficient (Wildman–Crippen LogP) is 3.68. The van der Waals surface area contributed by atoms with Crippen LogP contribution in [0.25, 0.3) is 0 Å². The smallest absolute Gasteiger partial charge is 0.243 e. The average molecular weight is 390 g/mol. The Balaban J connectivity index is 1.96. The number of nitrogens with zero attached hydrogens (tertiary/aromatic N) is 1. The quantitative estimate of drug-likeness (QED) is 0.725. The van der Waals surface area contributed by atoms with E-state index in [0.29, 0.717) is 23.8 Å². The van der Waals surface area contributed by atoms with E-state index in [1.807, 2.05) is 44.2 Å². The summed E-state index contributed by atoms with van der Waals surface area (Å²) in [6.45, 7) is 5.19. The minimum atomic E-state index is -3.65. The normalized spacial score (nSPS) is 17.4. The van der Waals surface area contributed by atoms with E-state index in [9.17, 15) is 8.42 Å². The number of benzene rings is 2. The molecule has 0 radical (unpaired) electrons. The topological polar surface area (TPSA) is 55.8 Å². The summed E-state index contributed by atoms with van der Waals surface area (Å²) in [5, 5.41) is 0. The summed E-state index contributed by atoms with van der Waals surface area (Å²) in [6, 6.07) is 12.8. The highest BCUT2D eigenvalue weighted by Gasteiger charge is 2.30. The molecule has 0 N–H and O–H groups in total. The van der Waals surface area contributed by atoms with Crippen LogP contribution in [0.2, 0.25) is 0 Å². The second-order valence-electron chi connectivity index (χ2n) is 6.99. The molecule has 0 bridgehead atoms. The summed E-state index contributed by atoms with van der Waals surface area (Å²) in [5.41, 5.74) is 2.88. The SMILES string of the molecule is COc1ccccc1CN(C[C@@H]1CCCO1)S(=O)(=O)c1ccc(C)c(C)c1. The summed E-state index contributed by atoms with van der Waals surface area (Å²) in [7, 11) is -2.05. The molecule has 1 heterocycles. The highest BCUT2D eigenvalue weighted by molar-refractivity contribution is 7.89. The second kappa shape index (κ2) is 8.42. The Hall–Kier alpha value is -1.89. The van der Waals surface area contributed by atoms with Gasteiger partial charge in [0.05, 0.1) is 18.1 Å². The number of methoxy groups -OCH3 is 1. The van der Waals surface area contributed by atoms with Gasteiger partial charge in [0, 0.05) is 25.3 Å². The van der Waals surface area contributed by atoms with Gasteiger partial charge in [-0.3, -0.25) is 0 Å². The van der Waals surface area contributed by atoms with Crippen LogP contribution in [-0.2, 0) is 21.3 Å². The zero-order valence-corrected chi connectivity index (χ0v) is 17.0. The Morgan fingerprint density at radius 2 is 1.93 bits per heavy atom. The number of hydrogen-bond donors (Lipinski definition) is 0. The molecule has 3 rings (SSSR count). The summed E-state index contributed by atoms with van der Waals surface area (Å²) in [4.78, 5) is 0.318. The first kappa shape index (κ1) is 19.9. The molecule has 0 unspecified atom stereocenters. The fourth-order valence-electron chi connectivity index (χ4n) is 3.31. The Morgan fingerprint density at radius 3 is 2.59 bits per heavy atom. The summed E-state index contributed by atoms with van der Waals surface area (Å²) in [5.74, 6) is 0.685. The zero-order chi connectivity index (χ0) is 19.4. The van der Waals surface area contributed by atoms with Crippen molar-refractivity contribution in [2.45, 2.75) is 44.2 Å². The molecule has 0 saturated carbocycles. The lowest BCUT2D eigenvalue weighted by molar-refractivity contribution is 0.0924. The molecule has 1 fully saturated rings. The van der Waals surface area contributed by atoms with E-state index >= 15 is 0 Å². The van der Waals surface area contributed by atoms with Crippen LogP contribution in [0.3, 0.4) is 0 Å². The summed E-state index contributed by atoms with van der Waals surface area (Å²) < 4.78 is 39.5. The van der Waals surface area contributed by atoms with Crippen molar-refractivity contribution in [3.8, 4) is 5.75 Å². The molecular weight excluding hydrogens is 362 g/mol. The number of ether oxygens (including phenoxy) is 2. The van der Waals surface area contributed by atoms with Crippen LogP contribution in [-0.4, -0.2) is 39.1 Å². The summed E-state index contributed by atoms with van der Waals surface area (Å²) >= 11 is 0. The van der Waals surface area contributed by atoms with Crippen LogP contribution < -0.4 is 4.74 Å². The average Bonchev–Trinajstić information content (AvgIpc) is 3.17. The molecule has 6 heteroatoms. The van der Waals surface area contributed by atoms with Gasteiger partial charge < -0.3 is 9.47 Å². The van der Waals surface area contributed by atoms with Crippen molar-refractivity contribution >= 4 is 10.0 Å². The molecule has 5 nitrogen and oxygen atoms in total. The van der Waals surface area contributed by atoms with E-state index in [1.54, 1.807) is 19.2 Å². The molecule has 1 aliphatic rings. The molecular formula is C21H27NO4S. The van der Waals surface area contributed by atoms with Crippen molar-refractivity contribution in [1.29, 1.82) is 0 Å². The summed E-state index contributed by atoms with van der Waals surface area (Å²) in [6.07, 6.45) is 1.78. The van der Waals surface area contributed by atoms with Crippen molar-refractivity contribution in [2.24, 2.45) is 0 Å². The first-order chi connectivity index (χ1) is 12.9. The van der Waals surface area contributed by atoms with Gasteiger partial charge in [-0.25, -0.2) is 8.42 Å². The van der Waals surface area contributed by atoms with Crippen LogP contribution in [0, 0.1) is 13.8 Å². The largest absolute Gasteiger partial charge is 0.496 e. The zero-order valence-electron chi connectivity index (χ0n) is 16.1. The first-order valence-corrected chi connectivity index (χ1v) is 10.7. The lowest BCUT2D eigenvalue weighted by Crippen LogP contribution is -2.37. The lowest BCUT2D eigenvalue weighted by atomic mass is 10.1. The number of para-hydroxylation sites is 1. The minimum Gasteiger partial charge on any atom is -0.496 e. The van der Waals surface area contributed by atoms with E-state index in [4.69, 9.17) is 9.47 Å². The van der Waals surface area contributed by atoms with Crippen LogP contribution in [0.15, 0.2) is 47.4 Å². The lowest BCUT2D eigenvalue weighted by Gasteiger charge is -2.26. The predicted molar refractivity (Wildman–Crippen MR) is 105 cm³/mol. The maximum Gasteiger partial charge on any atom is 0.243 e. The molecule has 0 aliphatic carbocycles. The van der Waals surface area contributed by atoms with Gasteiger partial charge in [-0.15, -0.1) is 0 Å². The van der Waals surface area contributed by atoms with Gasteiger partial charge in [0.25, 0.3) is 0 Å². The maximum absolute atomic E-state index is 13.4. The van der Waals surface area contributed by atoms with Crippen molar-refractivity contribution in [1.82, 2.24) is 4.31 Å². The molecule has 1 atom stereocenters. The highest BCUT2D eigenvalue weighted by Crippen LogP contribution is 2.26. The Bertz CT molecular complexity index is 889. The van der Waals surface area contributed by atoms with Crippen LogP contribution in [0.5, 0.6) is 5.75 Å². The monoisotopic (exact) mass is 389 g/mol. The van der Waals surface area contributed by atoms with Gasteiger partial charge in [0.1, 0.15) is 5.75 Å². The number of rotatable bonds is 7. The third kappa shape index (κ3) is 4.51. The van der Waals surface area contributed by atoms with E-state index in [1.165, 1.54) is 4.31 Å². The Labute approximate surface area is 162 Å². The molecule has 0 amide bonds. The highest BCUT2D eigenvalue weighted by atomic mass is 32.2. The van der Waals surface area contributed by atoms with Crippen LogP contribution >= 0.6 is 0 Å². The van der Waals surface area contributed by atoms with Crippen molar-refractivity contribution in [3.63, 3.8) is 0 Å². The fourth-order valence-corrected chi connectivity index (χ4v) is 4.85. The molecule has 0 aromatic heterocycles. The molecule has 2 aromatic rings. The van der Waals surface area contributed by atoms with E-state index in [2.05, 4.69) is 0 Å². The van der Waals surface area contributed by atoms with Gasteiger partial charge in [-0.2, -0.15) is 4.31 Å². The molecule has 27 heavy (non-hydrogen) atoms. The Morgan fingerprint density at radius 1 is 1.15 bits per heavy atom. The number of aryl methyl sites for hydroxylation is 2. The minimum absolute atomic E-state index is 0.0685. The van der Waals surface area contributed by atoms with Crippen molar-refractivity contribution in [2.75, 3.05) is 20.3 Å². The molecule has 1 saturated heterocycles. The third-order valence-corrected chi connectivity index (χ3v) is 6.89. The molecule has 1 aliphatic heterocycles. The van der Waals surface area contributed by atoms with Gasteiger partial charge in [-0.05, 0) is 56.0 Å². The first-order valence-electron chi connectivity index (χ1n) is 9.22. The number of hydrogen-bond acceptors (Lipinski definition) is 4. The van der Waals surface area contributed by atoms with Crippen molar-refractivity contribution < 1.29 is 17.9 Å². The van der Waals surface area contributed by atoms with Crippen LogP contribution in [0.1, 0.15) is 29.5 Å². The van der Waals surface area contributed by atoms with E-state index in [0.717, 1.165) is 29.5 Å². The number of sulfonamides is 1. The van der Waals surface area contributed by atoms with Gasteiger partial charge in [0.2, 0.25) is 10.0 Å². The third-order valence-electron chi connectivity index (χ3n) is 5.09. The van der Waals surface area contributed by atoms with Gasteiger partial charge >= 0.3 is 0 Å². The molecule has 0 spiro atoms. The van der Waals surface area contributed by atoms with Crippen LogP contribution in [0.4, 0.5) is 0 Å². The van der Waals surface area contributed by atoms with Gasteiger partial charge in [-0.1, -0.05) is 24.3 Å². The molecule has 2 aromatic carbocycles. The standard InChI is InChI=1S/C21H27NO4S/c1-16-10-11-20(13-17(16)2)27(23,24)22(15-19-8-6-12-26-19)14-18-7-4-5-9-21(18)25-3/h4-5,7,9-11,13,19H,6,8,12,14-15H2,1-3H3/t19-/m0/s1. The second-order valence-corrected chi connectivity index (χ2v) is 8.93. The van der Waals surface area contributed by atoms with Crippen molar-refractivity contribution in [3.05, 3.63) is 59.2 Å². The fraction of sp³-hybridized carbons (Fsp3) is 0.429. The maximum atomic E-state index is 13.4. The van der Waals surface area contributed by atoms with E-state index < -0.39 is 10.0 Å². The molecule has 146 valence electrons. The Kier molecular flexibility index (Phi) is 6.19. The van der Waals surface area contributed by atoms with E-state index in [-0.39, 0.29) is 12.6 Å².